The zero-order chi connectivity index (χ0) is 23.9. The van der Waals surface area contributed by atoms with Crippen molar-refractivity contribution in [1.29, 1.82) is 5.26 Å². The van der Waals surface area contributed by atoms with Crippen LogP contribution in [-0.4, -0.2) is 34.7 Å². The fourth-order valence-electron chi connectivity index (χ4n) is 4.08. The molecule has 0 saturated carbocycles. The van der Waals surface area contributed by atoms with Gasteiger partial charge in [0.15, 0.2) is 0 Å². The summed E-state index contributed by atoms with van der Waals surface area (Å²) in [5.41, 5.74) is 11.5. The Hall–Kier alpha value is -4.58. The number of fused-ring (bicyclic) bond motifs is 1. The Morgan fingerprint density at radius 2 is 1.88 bits per heavy atom. The number of rotatable bonds is 5. The normalized spacial score (nSPS) is 11.6. The van der Waals surface area contributed by atoms with Crippen LogP contribution in [0.4, 0.5) is 5.95 Å². The lowest BCUT2D eigenvalue weighted by Gasteiger charge is -2.25. The lowest BCUT2D eigenvalue weighted by molar-refractivity contribution is 0.521. The number of nitrogens with zero attached hydrogens (tertiary/aromatic N) is 7. The smallest absolute Gasteiger partial charge is 0.219 e. The van der Waals surface area contributed by atoms with E-state index in [1.807, 2.05) is 25.1 Å². The highest BCUT2D eigenvalue weighted by atomic mass is 15.3. The van der Waals surface area contributed by atoms with E-state index in [1.165, 1.54) is 0 Å². The molecule has 0 unspecified atom stereocenters. The molecule has 2 aromatic carbocycles. The summed E-state index contributed by atoms with van der Waals surface area (Å²) in [6.07, 6.45) is 5.96. The van der Waals surface area contributed by atoms with Crippen LogP contribution < -0.4 is 5.73 Å². The van der Waals surface area contributed by atoms with Crippen molar-refractivity contribution in [3.63, 3.8) is 0 Å². The topological polar surface area (TPSA) is 135 Å². The van der Waals surface area contributed by atoms with Gasteiger partial charge in [-0.25, -0.2) is 24.6 Å². The molecule has 0 aliphatic rings. The molecule has 3 heterocycles. The van der Waals surface area contributed by atoms with E-state index >= 15 is 0 Å². The molecule has 5 rings (SSSR count). The zero-order valence-corrected chi connectivity index (χ0v) is 19.1. The largest absolute Gasteiger partial charge is 0.368 e. The van der Waals surface area contributed by atoms with Gasteiger partial charge in [0.1, 0.15) is 18.0 Å². The van der Waals surface area contributed by atoms with Crippen molar-refractivity contribution in [2.45, 2.75) is 32.6 Å². The molecule has 0 aliphatic heterocycles. The fraction of sp³-hybridized carbons (Fsp3) is 0.200. The maximum Gasteiger partial charge on any atom is 0.219 e. The summed E-state index contributed by atoms with van der Waals surface area (Å²) >= 11 is 0. The highest BCUT2D eigenvalue weighted by molar-refractivity contribution is 5.82. The monoisotopic (exact) mass is 449 g/mol. The van der Waals surface area contributed by atoms with Gasteiger partial charge >= 0.3 is 0 Å². The number of aryl methyl sites for hydroxylation is 1. The van der Waals surface area contributed by atoms with E-state index in [2.05, 4.69) is 57.1 Å². The lowest BCUT2D eigenvalue weighted by Crippen LogP contribution is -2.20. The van der Waals surface area contributed by atoms with Gasteiger partial charge in [0.2, 0.25) is 5.95 Å². The first kappa shape index (κ1) is 21.3. The second-order valence-corrected chi connectivity index (χ2v) is 8.91. The molecular weight excluding hydrogens is 426 g/mol. The van der Waals surface area contributed by atoms with Gasteiger partial charge < -0.3 is 10.7 Å². The van der Waals surface area contributed by atoms with Gasteiger partial charge in [-0.2, -0.15) is 10.4 Å². The second kappa shape index (κ2) is 8.08. The van der Waals surface area contributed by atoms with Crippen LogP contribution in [0.2, 0.25) is 0 Å². The number of nitrogens with two attached hydrogens (primary N) is 1. The number of hydrogen-bond acceptors (Lipinski definition) is 7. The number of benzene rings is 2. The minimum atomic E-state index is -0.164. The van der Waals surface area contributed by atoms with Gasteiger partial charge in [0.05, 0.1) is 28.4 Å². The van der Waals surface area contributed by atoms with E-state index in [9.17, 15) is 5.26 Å². The second-order valence-electron chi connectivity index (χ2n) is 8.91. The van der Waals surface area contributed by atoms with E-state index in [1.54, 1.807) is 29.5 Å². The number of imidazole rings is 1. The van der Waals surface area contributed by atoms with E-state index in [0.29, 0.717) is 17.2 Å². The van der Waals surface area contributed by atoms with Gasteiger partial charge in [0.25, 0.3) is 0 Å². The highest BCUT2D eigenvalue weighted by Gasteiger charge is 2.23. The molecule has 0 aliphatic carbocycles. The molecule has 0 spiro atoms. The Morgan fingerprint density at radius 3 is 2.59 bits per heavy atom. The zero-order valence-electron chi connectivity index (χ0n) is 19.1. The quantitative estimate of drug-likeness (QED) is 0.415. The first-order chi connectivity index (χ1) is 16.3. The lowest BCUT2D eigenvalue weighted by atomic mass is 9.79. The molecule has 168 valence electrons. The van der Waals surface area contributed by atoms with E-state index in [-0.39, 0.29) is 11.4 Å². The number of aromatic amines is 1. The predicted octanol–water partition coefficient (Wildman–Crippen LogP) is 3.88. The van der Waals surface area contributed by atoms with Crippen LogP contribution in [0.25, 0.3) is 28.1 Å². The summed E-state index contributed by atoms with van der Waals surface area (Å²) in [6, 6.07) is 13.9. The van der Waals surface area contributed by atoms with Crippen LogP contribution >= 0.6 is 0 Å². The Labute approximate surface area is 196 Å². The average molecular weight is 450 g/mol. The van der Waals surface area contributed by atoms with Crippen LogP contribution in [0, 0.1) is 18.3 Å². The SMILES string of the molecule is Cc1ncn(-c2ccc(C#N)cc2-c2nc3ccc(C(C)(C)Cc4cnc(N)nc4)cc3[nH]2)n1. The molecular formula is C25H23N9. The van der Waals surface area contributed by atoms with Gasteiger partial charge in [-0.3, -0.25) is 0 Å². The number of nitrogen functional groups attached to an aromatic ring is 1. The Balaban J connectivity index is 1.55. The molecule has 0 atom stereocenters. The van der Waals surface area contributed by atoms with E-state index in [4.69, 9.17) is 10.7 Å². The summed E-state index contributed by atoms with van der Waals surface area (Å²) in [4.78, 5) is 20.7. The number of nitrogens with one attached hydrogen (secondary N) is 1. The number of hydrogen-bond donors (Lipinski definition) is 2. The summed E-state index contributed by atoms with van der Waals surface area (Å²) < 4.78 is 1.70. The molecule has 3 N–H and O–H groups in total. The Morgan fingerprint density at radius 1 is 1.09 bits per heavy atom. The maximum atomic E-state index is 9.45. The van der Waals surface area contributed by atoms with Crippen molar-refractivity contribution in [2.24, 2.45) is 0 Å². The van der Waals surface area contributed by atoms with Crippen molar-refractivity contribution >= 4 is 17.0 Å². The number of aromatic nitrogens is 7. The van der Waals surface area contributed by atoms with Crippen LogP contribution in [0.5, 0.6) is 0 Å². The van der Waals surface area contributed by atoms with Crippen LogP contribution in [0.3, 0.4) is 0 Å². The highest BCUT2D eigenvalue weighted by Crippen LogP contribution is 2.32. The van der Waals surface area contributed by atoms with Gasteiger partial charge in [-0.1, -0.05) is 19.9 Å². The van der Waals surface area contributed by atoms with Crippen LogP contribution in [0.15, 0.2) is 55.1 Å². The molecule has 34 heavy (non-hydrogen) atoms. The number of nitriles is 1. The van der Waals surface area contributed by atoms with Gasteiger partial charge in [-0.15, -0.1) is 0 Å². The van der Waals surface area contributed by atoms with Crippen molar-refractivity contribution in [2.75, 3.05) is 5.73 Å². The molecule has 9 nitrogen and oxygen atoms in total. The molecule has 0 fully saturated rings. The fourth-order valence-corrected chi connectivity index (χ4v) is 4.08. The molecule has 9 heteroatoms. The van der Waals surface area contributed by atoms with E-state index < -0.39 is 0 Å². The van der Waals surface area contributed by atoms with Crippen LogP contribution in [0.1, 0.15) is 36.4 Å². The van der Waals surface area contributed by atoms with Gasteiger partial charge in [-0.05, 0) is 60.2 Å². The Bertz CT molecular complexity index is 1540. The minimum absolute atomic E-state index is 0.164. The number of H-pyrrole nitrogens is 1. The molecule has 0 bridgehead atoms. The summed E-state index contributed by atoms with van der Waals surface area (Å²) in [5, 5.41) is 13.9. The summed E-state index contributed by atoms with van der Waals surface area (Å²) in [5.74, 6) is 1.60. The maximum absolute atomic E-state index is 9.45. The standard InChI is InChI=1S/C25H23N9/c1-15-30-14-34(33-15)22-7-4-16(11-26)8-19(22)23-31-20-6-5-18(9-21(20)32-23)25(2,3)10-17-12-28-24(27)29-13-17/h4-9,12-14H,10H2,1-3H3,(H,31,32)(H2,27,28,29). The first-order valence-corrected chi connectivity index (χ1v) is 10.8. The first-order valence-electron chi connectivity index (χ1n) is 10.8. The molecule has 3 aromatic heterocycles. The third-order valence-electron chi connectivity index (χ3n) is 5.87. The number of anilines is 1. The molecule has 0 amide bonds. The van der Waals surface area contributed by atoms with Crippen molar-refractivity contribution in [1.82, 2.24) is 34.7 Å². The third kappa shape index (κ3) is 3.97. The third-order valence-corrected chi connectivity index (χ3v) is 5.87. The van der Waals surface area contributed by atoms with Crippen LogP contribution in [-0.2, 0) is 11.8 Å². The van der Waals surface area contributed by atoms with E-state index in [0.717, 1.165) is 39.8 Å². The van der Waals surface area contributed by atoms with Crippen molar-refractivity contribution < 1.29 is 0 Å². The summed E-state index contributed by atoms with van der Waals surface area (Å²) in [6.45, 7) is 6.20. The van der Waals surface area contributed by atoms with Crippen molar-refractivity contribution in [3.8, 4) is 23.1 Å². The van der Waals surface area contributed by atoms with Crippen molar-refractivity contribution in [3.05, 3.63) is 77.6 Å². The Kier molecular flexibility index (Phi) is 5.06. The molecule has 5 aromatic rings. The van der Waals surface area contributed by atoms with Gasteiger partial charge in [0, 0.05) is 18.0 Å². The average Bonchev–Trinajstić information content (AvgIpc) is 3.45. The predicted molar refractivity (Wildman–Crippen MR) is 129 cm³/mol. The minimum Gasteiger partial charge on any atom is -0.368 e. The molecule has 0 saturated heterocycles. The molecule has 0 radical (unpaired) electrons. The summed E-state index contributed by atoms with van der Waals surface area (Å²) in [7, 11) is 0.